The van der Waals surface area contributed by atoms with Crippen molar-refractivity contribution in [3.05, 3.63) is 0 Å². The maximum Gasteiger partial charge on any atom is 0.354 e. The van der Waals surface area contributed by atoms with Gasteiger partial charge in [0.25, 0.3) is 0 Å². The van der Waals surface area contributed by atoms with Gasteiger partial charge in [0.15, 0.2) is 0 Å². The average molecular weight is 178 g/mol. The Morgan fingerprint density at radius 2 is 1.40 bits per heavy atom. The summed E-state index contributed by atoms with van der Waals surface area (Å²) in [6.07, 6.45) is 0. The van der Waals surface area contributed by atoms with E-state index in [0.29, 0.717) is 0 Å². The Balaban J connectivity index is -0.000000245. The molecule has 0 aliphatic carbocycles. The zero-order chi connectivity index (χ0) is 6.41. The Labute approximate surface area is 57.1 Å². The summed E-state index contributed by atoms with van der Waals surface area (Å²) < 4.78 is 18.1. The fourth-order valence-electron chi connectivity index (χ4n) is 0.117. The molecule has 0 radical (unpaired) electrons. The van der Waals surface area contributed by atoms with Gasteiger partial charge in [0, 0.05) is 0 Å². The molecule has 0 amide bonds. The van der Waals surface area contributed by atoms with E-state index in [1.165, 1.54) is 0 Å². The van der Waals surface area contributed by atoms with Crippen molar-refractivity contribution in [3.63, 3.8) is 0 Å². The van der Waals surface area contributed by atoms with Crippen molar-refractivity contribution < 1.29 is 24.8 Å². The first-order valence-electron chi connectivity index (χ1n) is 1.60. The number of hydrazine groups is 2. The molecule has 9 nitrogen and oxygen atoms in total. The van der Waals surface area contributed by atoms with E-state index in [9.17, 15) is 4.57 Å². The van der Waals surface area contributed by atoms with Gasteiger partial charge >= 0.3 is 8.25 Å². The Kier molecular flexibility index (Phi) is 19.2. The number of hydrogen-bond acceptors (Lipinski definition) is 7. The summed E-state index contributed by atoms with van der Waals surface area (Å²) in [7, 11) is -2.61. The van der Waals surface area contributed by atoms with Gasteiger partial charge in [0.2, 0.25) is 0 Å². The van der Waals surface area contributed by atoms with Crippen LogP contribution in [0, 0.1) is 0 Å². The van der Waals surface area contributed by atoms with Gasteiger partial charge in [-0.2, -0.15) is 0 Å². The second-order valence-corrected chi connectivity index (χ2v) is 1.60. The van der Waals surface area contributed by atoms with Crippen molar-refractivity contribution in [3.8, 4) is 0 Å². The van der Waals surface area contributed by atoms with Crippen molar-refractivity contribution in [1.29, 1.82) is 0 Å². The van der Waals surface area contributed by atoms with Crippen molar-refractivity contribution >= 4 is 8.25 Å². The van der Waals surface area contributed by atoms with E-state index >= 15 is 0 Å². The molecular formula is H11N4O5P. The predicted molar refractivity (Wildman–Crippen MR) is 33.0 cm³/mol. The van der Waals surface area contributed by atoms with Crippen LogP contribution in [0.2, 0.25) is 0 Å². The highest BCUT2D eigenvalue weighted by molar-refractivity contribution is 7.33. The highest BCUT2D eigenvalue weighted by Crippen LogP contribution is 2.17. The zero-order valence-electron chi connectivity index (χ0n) is 4.88. The maximum absolute atomic E-state index is 10.1. The third kappa shape index (κ3) is 10.8. The van der Waals surface area contributed by atoms with Crippen LogP contribution < -0.4 is 22.9 Å². The molecule has 0 atom stereocenters. The second-order valence-electron chi connectivity index (χ2n) is 0.690. The molecule has 10 N–H and O–H groups in total. The molecule has 0 aromatic rings. The van der Waals surface area contributed by atoms with Gasteiger partial charge in [-0.15, -0.1) is 11.2 Å². The molecule has 66 valence electrons. The molecule has 0 saturated carbocycles. The SMILES string of the molecule is NNO[PH](=O)ONN.O.O. The van der Waals surface area contributed by atoms with Crippen molar-refractivity contribution in [2.45, 2.75) is 0 Å². The topological polar surface area (TPSA) is 175 Å². The normalized spacial score (nSPS) is 8.30. The lowest BCUT2D eigenvalue weighted by atomic mass is 12.8. The third-order valence-corrected chi connectivity index (χ3v) is 0.854. The number of nitrogens with one attached hydrogen (secondary N) is 2. The molecule has 10 heteroatoms. The largest absolute Gasteiger partial charge is 0.412 e. The van der Waals surface area contributed by atoms with Crippen LogP contribution in [0.5, 0.6) is 0 Å². The molecule has 10 heavy (non-hydrogen) atoms. The molecule has 0 heterocycles. The van der Waals surface area contributed by atoms with E-state index in [1.807, 2.05) is 0 Å². The second kappa shape index (κ2) is 11.7. The molecule has 0 aliphatic heterocycles. The maximum atomic E-state index is 10.1. The summed E-state index contributed by atoms with van der Waals surface area (Å²) in [6, 6.07) is 0. The molecule has 0 fully saturated rings. The van der Waals surface area contributed by atoms with E-state index in [4.69, 9.17) is 0 Å². The lowest BCUT2D eigenvalue weighted by Gasteiger charge is -1.98. The molecule has 0 aromatic carbocycles. The summed E-state index contributed by atoms with van der Waals surface area (Å²) >= 11 is 0. The van der Waals surface area contributed by atoms with E-state index in [0.717, 1.165) is 0 Å². The first-order valence-corrected chi connectivity index (χ1v) is 2.82. The highest BCUT2D eigenvalue weighted by Gasteiger charge is 1.92. The molecule has 0 aromatic heterocycles. The third-order valence-electron chi connectivity index (χ3n) is 0.285. The minimum absolute atomic E-state index is 0. The Morgan fingerprint density at radius 1 is 1.10 bits per heavy atom. The molecule has 0 spiro atoms. The summed E-state index contributed by atoms with van der Waals surface area (Å²) in [5.41, 5.74) is 3.33. The van der Waals surface area contributed by atoms with E-state index < -0.39 is 8.25 Å². The summed E-state index contributed by atoms with van der Waals surface area (Å²) in [5, 5.41) is 0. The molecule has 0 rings (SSSR count). The van der Waals surface area contributed by atoms with Crippen LogP contribution in [0.15, 0.2) is 0 Å². The van der Waals surface area contributed by atoms with Crippen LogP contribution in [-0.4, -0.2) is 11.0 Å². The zero-order valence-corrected chi connectivity index (χ0v) is 5.88. The van der Waals surface area contributed by atoms with Gasteiger partial charge in [0.05, 0.1) is 0 Å². The van der Waals surface area contributed by atoms with Gasteiger partial charge < -0.3 is 11.0 Å². The van der Waals surface area contributed by atoms with Crippen LogP contribution in [-0.2, 0) is 13.8 Å². The van der Waals surface area contributed by atoms with Gasteiger partial charge in [-0.25, -0.2) is 20.9 Å². The van der Waals surface area contributed by atoms with Crippen LogP contribution >= 0.6 is 8.25 Å². The first kappa shape index (κ1) is 16.5. The molecule has 0 unspecified atom stereocenters. The molecule has 0 bridgehead atoms. The Hall–Kier alpha value is -0.0900. The average Bonchev–Trinajstić information content (AvgIpc) is 1.68. The van der Waals surface area contributed by atoms with Crippen molar-refractivity contribution in [2.75, 3.05) is 0 Å². The van der Waals surface area contributed by atoms with Gasteiger partial charge in [0.1, 0.15) is 0 Å². The van der Waals surface area contributed by atoms with E-state index in [1.54, 1.807) is 11.2 Å². The quantitative estimate of drug-likeness (QED) is 0.196. The van der Waals surface area contributed by atoms with Crippen LogP contribution in [0.3, 0.4) is 0 Å². The van der Waals surface area contributed by atoms with E-state index in [2.05, 4.69) is 20.9 Å². The van der Waals surface area contributed by atoms with Crippen LogP contribution in [0.25, 0.3) is 0 Å². The van der Waals surface area contributed by atoms with E-state index in [-0.39, 0.29) is 11.0 Å². The molecule has 0 aliphatic rings. The number of hydrogen-bond donors (Lipinski definition) is 4. The van der Waals surface area contributed by atoms with Gasteiger partial charge in [-0.05, 0) is 0 Å². The minimum Gasteiger partial charge on any atom is -0.412 e. The minimum atomic E-state index is -2.61. The Bertz CT molecular complexity index is 68.0. The standard InChI is InChI=1S/H7N4O3P.2H2O/c1-3-6-8(5)7-4-2;;/h3-4,8H,1-2H2;2*1H2. The lowest BCUT2D eigenvalue weighted by molar-refractivity contribution is 0.119. The smallest absolute Gasteiger partial charge is 0.354 e. The fraction of sp³-hybridized carbons (Fsp3) is 0. The van der Waals surface area contributed by atoms with Gasteiger partial charge in [-0.3, -0.25) is 4.57 Å². The predicted octanol–water partition coefficient (Wildman–Crippen LogP) is -3.48. The summed E-state index contributed by atoms with van der Waals surface area (Å²) in [5.74, 6) is 9.13. The van der Waals surface area contributed by atoms with Crippen LogP contribution in [0.1, 0.15) is 0 Å². The van der Waals surface area contributed by atoms with Crippen molar-refractivity contribution in [2.24, 2.45) is 11.7 Å². The van der Waals surface area contributed by atoms with Crippen LogP contribution in [0.4, 0.5) is 0 Å². The van der Waals surface area contributed by atoms with Gasteiger partial charge in [-0.1, -0.05) is 0 Å². The fourth-order valence-corrected chi connectivity index (χ4v) is 0.351. The number of nitrogens with two attached hydrogens (primary N) is 2. The Morgan fingerprint density at radius 3 is 1.60 bits per heavy atom. The molecular weight excluding hydrogens is 167 g/mol. The highest BCUT2D eigenvalue weighted by atomic mass is 31.1. The lowest BCUT2D eigenvalue weighted by Crippen LogP contribution is -2.22. The van der Waals surface area contributed by atoms with Crippen molar-refractivity contribution in [1.82, 2.24) is 11.2 Å². The number of rotatable bonds is 4. The summed E-state index contributed by atoms with van der Waals surface area (Å²) in [4.78, 5) is 0. The first-order chi connectivity index (χ1) is 3.81. The summed E-state index contributed by atoms with van der Waals surface area (Å²) in [6.45, 7) is 0. The molecule has 0 saturated heterocycles. The monoisotopic (exact) mass is 178 g/mol.